The Labute approximate surface area is 95.2 Å². The van der Waals surface area contributed by atoms with Crippen molar-refractivity contribution in [2.75, 3.05) is 6.54 Å². The fourth-order valence-corrected chi connectivity index (χ4v) is 6.32. The van der Waals surface area contributed by atoms with Gasteiger partial charge in [0.1, 0.15) is 0 Å². The summed E-state index contributed by atoms with van der Waals surface area (Å²) >= 11 is -2.01. The van der Waals surface area contributed by atoms with Gasteiger partial charge in [0.05, 0.1) is 0 Å². The molecule has 3 heteroatoms. The molecule has 0 atom stereocenters. The molecule has 0 unspecified atom stereocenters. The summed E-state index contributed by atoms with van der Waals surface area (Å²) in [5, 5.41) is 4.37. The first-order valence-corrected chi connectivity index (χ1v) is 15.3. The minimum atomic E-state index is -2.01. The van der Waals surface area contributed by atoms with Crippen molar-refractivity contribution in [3.8, 4) is 0 Å². The Hall–Kier alpha value is -0.641. The van der Waals surface area contributed by atoms with Crippen LogP contribution in [0.4, 0.5) is 5.69 Å². The molecule has 78 valence electrons. The normalized spacial score (nSPS) is 15.5. The molecule has 0 spiro atoms. The second kappa shape index (κ2) is 4.08. The fraction of sp³-hybridized carbons (Fsp3) is 0.333. The van der Waals surface area contributed by atoms with E-state index >= 15 is 0 Å². The minimum absolute atomic E-state index is 0.916. The molecule has 1 aromatic rings. The molecule has 0 saturated carbocycles. The summed E-state index contributed by atoms with van der Waals surface area (Å²) in [6.07, 6.45) is 3.98. The van der Waals surface area contributed by atoms with Gasteiger partial charge in [-0.25, -0.2) is 0 Å². The third kappa shape index (κ3) is 2.30. The van der Waals surface area contributed by atoms with Crippen LogP contribution in [-0.4, -0.2) is 29.6 Å². The molecule has 2 nitrogen and oxygen atoms in total. The van der Waals surface area contributed by atoms with Gasteiger partial charge < -0.3 is 0 Å². The first-order valence-electron chi connectivity index (χ1n) is 5.32. The number of nitrogens with zero attached hydrogens (tertiary/aromatic N) is 2. The van der Waals surface area contributed by atoms with Crippen LogP contribution in [0, 0.1) is 0 Å². The van der Waals surface area contributed by atoms with Gasteiger partial charge in [0.2, 0.25) is 0 Å². The van der Waals surface area contributed by atoms with Crippen molar-refractivity contribution in [2.24, 2.45) is 5.11 Å². The van der Waals surface area contributed by atoms with Gasteiger partial charge in [-0.1, -0.05) is 0 Å². The third-order valence-electron chi connectivity index (χ3n) is 2.58. The van der Waals surface area contributed by atoms with Gasteiger partial charge in [0, 0.05) is 0 Å². The first kappa shape index (κ1) is 10.9. The van der Waals surface area contributed by atoms with Crippen LogP contribution in [0.2, 0.25) is 14.8 Å². The average molecular weight is 308 g/mol. The van der Waals surface area contributed by atoms with Crippen LogP contribution < -0.4 is 3.58 Å². The molecule has 2 rings (SSSR count). The predicted molar refractivity (Wildman–Crippen MR) is 65.8 cm³/mol. The van der Waals surface area contributed by atoms with Gasteiger partial charge >= 0.3 is 95.4 Å². The molecular formula is C12H17N2Sn+. The summed E-state index contributed by atoms with van der Waals surface area (Å²) in [4.78, 5) is 7.32. The van der Waals surface area contributed by atoms with Crippen molar-refractivity contribution in [1.29, 1.82) is 0 Å². The van der Waals surface area contributed by atoms with Gasteiger partial charge in [-0.3, -0.25) is 0 Å². The van der Waals surface area contributed by atoms with Gasteiger partial charge in [-0.15, -0.1) is 0 Å². The van der Waals surface area contributed by atoms with E-state index in [-0.39, 0.29) is 0 Å². The summed E-state index contributed by atoms with van der Waals surface area (Å²) in [6, 6.07) is 8.71. The van der Waals surface area contributed by atoms with Crippen LogP contribution in [0.1, 0.15) is 0 Å². The van der Waals surface area contributed by atoms with E-state index in [0.717, 1.165) is 6.54 Å². The summed E-state index contributed by atoms with van der Waals surface area (Å²) < 4.78 is 3.65. The summed E-state index contributed by atoms with van der Waals surface area (Å²) in [5.41, 5.74) is 1.31. The molecule has 15 heavy (non-hydrogen) atoms. The molecule has 1 aromatic carbocycles. The topological polar surface area (TPSA) is 15.4 Å². The van der Waals surface area contributed by atoms with E-state index in [2.05, 4.69) is 55.0 Å². The number of azo groups is 2. The molecule has 0 bridgehead atoms. The van der Waals surface area contributed by atoms with Crippen molar-refractivity contribution >= 4 is 27.6 Å². The van der Waals surface area contributed by atoms with Crippen molar-refractivity contribution in [3.63, 3.8) is 0 Å². The Morgan fingerprint density at radius 2 is 1.93 bits per heavy atom. The summed E-state index contributed by atoms with van der Waals surface area (Å²) in [6.45, 7) is 0.916. The summed E-state index contributed by atoms with van der Waals surface area (Å²) in [7, 11) is 0. The van der Waals surface area contributed by atoms with Gasteiger partial charge in [-0.05, 0) is 0 Å². The third-order valence-corrected chi connectivity index (χ3v) is 8.40. The molecule has 0 amide bonds. The molecule has 0 saturated heterocycles. The van der Waals surface area contributed by atoms with Crippen LogP contribution in [0.5, 0.6) is 0 Å². The van der Waals surface area contributed by atoms with Crippen molar-refractivity contribution < 1.29 is 4.70 Å². The van der Waals surface area contributed by atoms with Crippen LogP contribution in [0.25, 0.3) is 0 Å². The van der Waals surface area contributed by atoms with E-state index in [4.69, 9.17) is 0 Å². The van der Waals surface area contributed by atoms with Crippen molar-refractivity contribution in [2.45, 2.75) is 14.8 Å². The Kier molecular flexibility index (Phi) is 2.96. The molecular weight excluding hydrogens is 291 g/mol. The second-order valence-electron chi connectivity index (χ2n) is 4.85. The predicted octanol–water partition coefficient (Wildman–Crippen LogP) is 2.86. The van der Waals surface area contributed by atoms with Crippen LogP contribution in [-0.2, 0) is 0 Å². The van der Waals surface area contributed by atoms with Crippen LogP contribution in [0.15, 0.2) is 41.7 Å². The maximum atomic E-state index is 4.37. The quantitative estimate of drug-likeness (QED) is 0.590. The number of hydrogen-bond acceptors (Lipinski definition) is 1. The van der Waals surface area contributed by atoms with E-state index in [0.29, 0.717) is 0 Å². The molecule has 1 aliphatic rings. The second-order valence-corrected chi connectivity index (χ2v) is 19.2. The number of para-hydroxylation sites is 1. The number of benzene rings is 1. The van der Waals surface area contributed by atoms with E-state index in [9.17, 15) is 0 Å². The number of hydrogen-bond donors (Lipinski definition) is 0. The molecule has 0 fully saturated rings. The van der Waals surface area contributed by atoms with Crippen molar-refractivity contribution in [1.82, 2.24) is 0 Å². The van der Waals surface area contributed by atoms with Gasteiger partial charge in [0.25, 0.3) is 0 Å². The maximum absolute atomic E-state index is 4.37. The molecule has 1 heterocycles. The Morgan fingerprint density at radius 1 is 1.20 bits per heavy atom. The fourth-order valence-electron chi connectivity index (χ4n) is 1.82. The monoisotopic (exact) mass is 309 g/mol. The van der Waals surface area contributed by atoms with Crippen LogP contribution in [0.3, 0.4) is 0 Å². The molecule has 0 aliphatic carbocycles. The van der Waals surface area contributed by atoms with Gasteiger partial charge in [-0.2, -0.15) is 0 Å². The Balaban J connectivity index is 2.47. The first-order chi connectivity index (χ1) is 7.09. The van der Waals surface area contributed by atoms with E-state index in [1.165, 1.54) is 5.69 Å². The molecule has 0 N–H and O–H groups in total. The Bertz CT molecular complexity index is 427. The SMILES string of the molecule is [CH3][Sn]([CH3])([CH3])[c]1ccccc1[N+]1=NC=CC1. The van der Waals surface area contributed by atoms with E-state index in [1.807, 2.05) is 6.20 Å². The zero-order valence-electron chi connectivity index (χ0n) is 9.57. The molecule has 0 aromatic heterocycles. The molecule has 1 aliphatic heterocycles. The zero-order valence-corrected chi connectivity index (χ0v) is 12.4. The molecule has 0 radical (unpaired) electrons. The zero-order chi connectivity index (χ0) is 10.9. The number of rotatable bonds is 2. The van der Waals surface area contributed by atoms with Crippen LogP contribution >= 0.6 is 0 Å². The van der Waals surface area contributed by atoms with Gasteiger partial charge in [0.15, 0.2) is 0 Å². The standard InChI is InChI=1S/C9H8N2.3CH3.Sn/c1-2-5-9(6-3-1)11-8-4-7-10-11;;;;/h1-5,7H,8H2;3*1H3;/q+1;;;;. The van der Waals surface area contributed by atoms with E-state index < -0.39 is 18.4 Å². The van der Waals surface area contributed by atoms with E-state index in [1.54, 1.807) is 3.58 Å². The average Bonchev–Trinajstić information content (AvgIpc) is 2.69. The Morgan fingerprint density at radius 3 is 2.53 bits per heavy atom. The van der Waals surface area contributed by atoms with Crippen molar-refractivity contribution in [3.05, 3.63) is 36.5 Å². The summed E-state index contributed by atoms with van der Waals surface area (Å²) in [5.74, 6) is 0.